The molecule has 0 saturated heterocycles. The first kappa shape index (κ1) is 19.3. The van der Waals surface area contributed by atoms with E-state index in [-0.39, 0.29) is 11.4 Å². The number of nitro groups is 1. The summed E-state index contributed by atoms with van der Waals surface area (Å²) < 4.78 is 6.07. The number of anilines is 2. The molecule has 0 aliphatic rings. The molecule has 0 bridgehead atoms. The molecule has 0 aliphatic heterocycles. The molecule has 4 rings (SSSR count). The number of hydrogen-bond acceptors (Lipinski definition) is 7. The van der Waals surface area contributed by atoms with E-state index in [2.05, 4.69) is 31.2 Å². The van der Waals surface area contributed by atoms with Gasteiger partial charge in [0.05, 0.1) is 17.4 Å². The molecule has 0 amide bonds. The van der Waals surface area contributed by atoms with E-state index < -0.39 is 4.92 Å². The van der Waals surface area contributed by atoms with Gasteiger partial charge in [0.1, 0.15) is 17.0 Å². The Kier molecular flexibility index (Phi) is 5.16. The van der Waals surface area contributed by atoms with Crippen LogP contribution in [0.5, 0.6) is 5.75 Å². The fraction of sp³-hybridized carbons (Fsp3) is 0.100. The second kappa shape index (κ2) is 7.76. The molecule has 9 heteroatoms. The number of ether oxygens (including phenoxy) is 1. The highest BCUT2D eigenvalue weighted by atomic mass is 79.9. The maximum atomic E-state index is 11.3. The first-order valence-electron chi connectivity index (χ1n) is 8.57. The number of hydrogen-bond donors (Lipinski definition) is 1. The van der Waals surface area contributed by atoms with Crippen molar-refractivity contribution in [2.45, 2.75) is 6.92 Å². The molecule has 29 heavy (non-hydrogen) atoms. The van der Waals surface area contributed by atoms with Crippen LogP contribution in [0.2, 0.25) is 0 Å². The number of aromatic nitrogens is 2. The molecule has 0 spiro atoms. The smallest absolute Gasteiger partial charge is 0.312 e. The van der Waals surface area contributed by atoms with E-state index in [1.54, 1.807) is 23.5 Å². The van der Waals surface area contributed by atoms with Crippen molar-refractivity contribution in [2.75, 3.05) is 12.4 Å². The number of benzene rings is 2. The van der Waals surface area contributed by atoms with Crippen molar-refractivity contribution in [3.63, 3.8) is 0 Å². The zero-order valence-electron chi connectivity index (χ0n) is 15.5. The largest absolute Gasteiger partial charge is 0.490 e. The van der Waals surface area contributed by atoms with Crippen molar-refractivity contribution in [2.24, 2.45) is 0 Å². The molecule has 0 fully saturated rings. The summed E-state index contributed by atoms with van der Waals surface area (Å²) in [6.45, 7) is 2.05. The predicted molar refractivity (Wildman–Crippen MR) is 118 cm³/mol. The summed E-state index contributed by atoms with van der Waals surface area (Å²) in [5.74, 6) is 0.798. The van der Waals surface area contributed by atoms with Crippen LogP contribution in [-0.2, 0) is 0 Å². The van der Waals surface area contributed by atoms with Crippen molar-refractivity contribution >= 4 is 54.7 Å². The number of nitrogens with one attached hydrogen (secondary N) is 1. The van der Waals surface area contributed by atoms with E-state index in [1.165, 1.54) is 19.5 Å². The summed E-state index contributed by atoms with van der Waals surface area (Å²) in [5, 5.41) is 15.4. The third-order valence-corrected chi connectivity index (χ3v) is 5.98. The molecular weight excluding hydrogens is 456 g/mol. The molecule has 4 aromatic rings. The Bertz CT molecular complexity index is 1220. The summed E-state index contributed by atoms with van der Waals surface area (Å²) in [5.41, 5.74) is 2.53. The van der Waals surface area contributed by atoms with Gasteiger partial charge in [-0.2, -0.15) is 0 Å². The fourth-order valence-electron chi connectivity index (χ4n) is 3.15. The van der Waals surface area contributed by atoms with Crippen molar-refractivity contribution in [1.82, 2.24) is 9.97 Å². The molecule has 0 saturated carbocycles. The van der Waals surface area contributed by atoms with Gasteiger partial charge in [-0.05, 0) is 36.8 Å². The maximum Gasteiger partial charge on any atom is 0.312 e. The zero-order valence-corrected chi connectivity index (χ0v) is 17.9. The maximum absolute atomic E-state index is 11.3. The molecule has 0 unspecified atom stereocenters. The van der Waals surface area contributed by atoms with Crippen LogP contribution in [-0.4, -0.2) is 22.0 Å². The van der Waals surface area contributed by atoms with Crippen LogP contribution in [0.4, 0.5) is 17.2 Å². The molecule has 7 nitrogen and oxygen atoms in total. The molecule has 2 aromatic carbocycles. The van der Waals surface area contributed by atoms with Crippen LogP contribution >= 0.6 is 27.3 Å². The summed E-state index contributed by atoms with van der Waals surface area (Å²) >= 11 is 5.05. The van der Waals surface area contributed by atoms with E-state index in [4.69, 9.17) is 4.74 Å². The quantitative estimate of drug-likeness (QED) is 0.280. The average Bonchev–Trinajstić information content (AvgIpc) is 3.05. The molecule has 1 N–H and O–H groups in total. The van der Waals surface area contributed by atoms with Crippen LogP contribution < -0.4 is 10.1 Å². The molecule has 2 heterocycles. The lowest BCUT2D eigenvalue weighted by Crippen LogP contribution is -1.98. The van der Waals surface area contributed by atoms with Crippen LogP contribution in [0.1, 0.15) is 4.88 Å². The minimum atomic E-state index is -0.471. The number of nitrogens with zero attached hydrogens (tertiary/aromatic N) is 3. The first-order chi connectivity index (χ1) is 14.0. The van der Waals surface area contributed by atoms with Gasteiger partial charge >= 0.3 is 5.69 Å². The molecule has 0 atom stereocenters. The van der Waals surface area contributed by atoms with Gasteiger partial charge in [0.2, 0.25) is 0 Å². The van der Waals surface area contributed by atoms with E-state index in [0.29, 0.717) is 11.5 Å². The van der Waals surface area contributed by atoms with Gasteiger partial charge in [0.15, 0.2) is 5.75 Å². The lowest BCUT2D eigenvalue weighted by Gasteiger charge is -2.10. The SMILES string of the molecule is COc1ccc(Nc2ncnc3sc(C)c(-c4ccc(Br)cc4)c23)cc1[N+](=O)[O-]. The summed E-state index contributed by atoms with van der Waals surface area (Å²) in [6.07, 6.45) is 1.49. The number of rotatable bonds is 5. The first-order valence-corrected chi connectivity index (χ1v) is 10.2. The number of thiophene rings is 1. The normalized spacial score (nSPS) is 10.9. The van der Waals surface area contributed by atoms with Crippen molar-refractivity contribution in [3.8, 4) is 16.9 Å². The van der Waals surface area contributed by atoms with Crippen LogP contribution in [0.15, 0.2) is 53.3 Å². The highest BCUT2D eigenvalue weighted by Gasteiger charge is 2.19. The lowest BCUT2D eigenvalue weighted by molar-refractivity contribution is -0.385. The van der Waals surface area contributed by atoms with Crippen molar-refractivity contribution < 1.29 is 9.66 Å². The number of nitro benzene ring substituents is 1. The van der Waals surface area contributed by atoms with Crippen molar-refractivity contribution in [1.29, 1.82) is 0 Å². The van der Waals surface area contributed by atoms with Crippen LogP contribution in [0.25, 0.3) is 21.3 Å². The average molecular weight is 471 g/mol. The lowest BCUT2D eigenvalue weighted by atomic mass is 10.0. The second-order valence-corrected chi connectivity index (χ2v) is 8.33. The van der Waals surface area contributed by atoms with Gasteiger partial charge in [-0.15, -0.1) is 11.3 Å². The molecule has 146 valence electrons. The number of fused-ring (bicyclic) bond motifs is 1. The third-order valence-electron chi connectivity index (χ3n) is 4.44. The van der Waals surface area contributed by atoms with Gasteiger partial charge in [0.25, 0.3) is 0 Å². The summed E-state index contributed by atoms with van der Waals surface area (Å²) in [4.78, 5) is 21.7. The monoisotopic (exact) mass is 470 g/mol. The minimum absolute atomic E-state index is 0.113. The van der Waals surface area contributed by atoms with Crippen LogP contribution in [0.3, 0.4) is 0 Å². The fourth-order valence-corrected chi connectivity index (χ4v) is 4.43. The number of methoxy groups -OCH3 is 1. The van der Waals surface area contributed by atoms with Gasteiger partial charge in [0, 0.05) is 26.7 Å². The van der Waals surface area contributed by atoms with Crippen LogP contribution in [0, 0.1) is 17.0 Å². The highest BCUT2D eigenvalue weighted by Crippen LogP contribution is 2.41. The number of aryl methyl sites for hydroxylation is 1. The van der Waals surface area contributed by atoms with E-state index >= 15 is 0 Å². The second-order valence-electron chi connectivity index (χ2n) is 6.21. The highest BCUT2D eigenvalue weighted by molar-refractivity contribution is 9.10. The van der Waals surface area contributed by atoms with Gasteiger partial charge in [-0.1, -0.05) is 28.1 Å². The molecule has 0 aliphatic carbocycles. The Morgan fingerprint density at radius 1 is 1.17 bits per heavy atom. The zero-order chi connectivity index (χ0) is 20.5. The molecular formula is C20H15BrN4O3S. The summed E-state index contributed by atoms with van der Waals surface area (Å²) in [6, 6.07) is 12.8. The minimum Gasteiger partial charge on any atom is -0.490 e. The Balaban J connectivity index is 1.84. The van der Waals surface area contributed by atoms with Gasteiger partial charge < -0.3 is 10.1 Å². The van der Waals surface area contributed by atoms with E-state index in [9.17, 15) is 10.1 Å². The topological polar surface area (TPSA) is 90.2 Å². The molecule has 2 aromatic heterocycles. The standard InChI is InChI=1S/C20H15BrN4O3S/c1-11-17(12-3-5-13(21)6-4-12)18-19(22-10-23-20(18)29-11)24-14-7-8-16(28-2)15(9-14)25(26)27/h3-10H,1-2H3,(H,22,23,24). The van der Waals surface area contributed by atoms with Crippen molar-refractivity contribution in [3.05, 3.63) is 68.3 Å². The molecule has 0 radical (unpaired) electrons. The van der Waals surface area contributed by atoms with E-state index in [0.717, 1.165) is 30.7 Å². The third kappa shape index (κ3) is 3.66. The number of halogens is 1. The van der Waals surface area contributed by atoms with Gasteiger partial charge in [-0.25, -0.2) is 9.97 Å². The summed E-state index contributed by atoms with van der Waals surface area (Å²) in [7, 11) is 1.40. The Hall–Kier alpha value is -3.04. The van der Waals surface area contributed by atoms with Gasteiger partial charge in [-0.3, -0.25) is 10.1 Å². The Morgan fingerprint density at radius 3 is 2.62 bits per heavy atom. The predicted octanol–water partition coefficient (Wildman–Crippen LogP) is 6.09. The Morgan fingerprint density at radius 2 is 1.93 bits per heavy atom. The van der Waals surface area contributed by atoms with E-state index in [1.807, 2.05) is 31.2 Å². The Labute approximate surface area is 178 Å².